The lowest BCUT2D eigenvalue weighted by atomic mass is 9.99. The molecule has 2 N–H and O–H groups in total. The molecule has 0 radical (unpaired) electrons. The lowest BCUT2D eigenvalue weighted by molar-refractivity contribution is 0.168. The van der Waals surface area contributed by atoms with Gasteiger partial charge >= 0.3 is 0 Å². The third-order valence-electron chi connectivity index (χ3n) is 4.86. The van der Waals surface area contributed by atoms with Gasteiger partial charge in [-0.3, -0.25) is 14.6 Å². The van der Waals surface area contributed by atoms with Crippen LogP contribution in [0.5, 0.6) is 0 Å². The first-order valence-electron chi connectivity index (χ1n) is 8.85. The maximum Gasteiger partial charge on any atom is 0.144 e. The van der Waals surface area contributed by atoms with Crippen LogP contribution < -0.4 is 10.6 Å². The van der Waals surface area contributed by atoms with Gasteiger partial charge in [-0.25, -0.2) is 4.98 Å². The summed E-state index contributed by atoms with van der Waals surface area (Å²) in [6.45, 7) is 7.34. The van der Waals surface area contributed by atoms with Gasteiger partial charge in [-0.2, -0.15) is 5.10 Å². The Hall–Kier alpha value is -1.99. The fraction of sp³-hybridized carbons (Fsp3) is 0.588. The number of piperidine rings is 1. The summed E-state index contributed by atoms with van der Waals surface area (Å²) in [6.07, 6.45) is 7.77. The van der Waals surface area contributed by atoms with E-state index in [1.807, 2.05) is 0 Å². The van der Waals surface area contributed by atoms with Crippen molar-refractivity contribution < 1.29 is 0 Å². The fourth-order valence-corrected chi connectivity index (χ4v) is 3.64. The highest BCUT2D eigenvalue weighted by Gasteiger charge is 2.22. The molecular formula is C17H25N7. The Labute approximate surface area is 142 Å². The quantitative estimate of drug-likeness (QED) is 0.857. The number of nitrogens with zero attached hydrogens (tertiary/aromatic N) is 5. The van der Waals surface area contributed by atoms with Crippen molar-refractivity contribution in [3.63, 3.8) is 0 Å². The Morgan fingerprint density at radius 3 is 3.12 bits per heavy atom. The number of hydrogen-bond donors (Lipinski definition) is 2. The molecule has 2 aliphatic heterocycles. The summed E-state index contributed by atoms with van der Waals surface area (Å²) in [6, 6.07) is 2.22. The highest BCUT2D eigenvalue weighted by Crippen LogP contribution is 2.18. The van der Waals surface area contributed by atoms with E-state index < -0.39 is 0 Å². The Kier molecular flexibility index (Phi) is 4.71. The molecule has 4 heterocycles. The van der Waals surface area contributed by atoms with E-state index in [1.54, 1.807) is 18.6 Å². The molecule has 0 saturated carbocycles. The Morgan fingerprint density at radius 2 is 2.29 bits per heavy atom. The molecule has 0 amide bonds. The molecule has 1 unspecified atom stereocenters. The molecule has 0 bridgehead atoms. The molecule has 7 heteroatoms. The SMILES string of the molecule is c1cnc(NCc2cc3n(n2)CCN(CC2CCCNC2)C3)cn1. The molecule has 7 nitrogen and oxygen atoms in total. The highest BCUT2D eigenvalue weighted by atomic mass is 15.3. The van der Waals surface area contributed by atoms with Crippen molar-refractivity contribution in [2.24, 2.45) is 5.92 Å². The lowest BCUT2D eigenvalue weighted by Gasteiger charge is -2.32. The van der Waals surface area contributed by atoms with Crippen LogP contribution in [-0.4, -0.2) is 50.8 Å². The van der Waals surface area contributed by atoms with Gasteiger partial charge in [-0.05, 0) is 37.9 Å². The number of fused-ring (bicyclic) bond motifs is 1. The molecule has 128 valence electrons. The van der Waals surface area contributed by atoms with Gasteiger partial charge in [0.05, 0.1) is 30.7 Å². The smallest absolute Gasteiger partial charge is 0.144 e. The summed E-state index contributed by atoms with van der Waals surface area (Å²) < 4.78 is 2.16. The predicted octanol–water partition coefficient (Wildman–Crippen LogP) is 1.10. The predicted molar refractivity (Wildman–Crippen MR) is 92.5 cm³/mol. The van der Waals surface area contributed by atoms with Crippen LogP contribution in [0.3, 0.4) is 0 Å². The van der Waals surface area contributed by atoms with E-state index in [1.165, 1.54) is 38.2 Å². The van der Waals surface area contributed by atoms with E-state index in [-0.39, 0.29) is 0 Å². The van der Waals surface area contributed by atoms with Crippen molar-refractivity contribution in [3.05, 3.63) is 36.0 Å². The Bertz CT molecular complexity index is 648. The van der Waals surface area contributed by atoms with Gasteiger partial charge in [0.2, 0.25) is 0 Å². The van der Waals surface area contributed by atoms with Crippen molar-refractivity contribution in [2.75, 3.05) is 31.5 Å². The van der Waals surface area contributed by atoms with Crippen molar-refractivity contribution in [1.29, 1.82) is 0 Å². The Morgan fingerprint density at radius 1 is 1.29 bits per heavy atom. The van der Waals surface area contributed by atoms with E-state index in [2.05, 4.69) is 36.2 Å². The monoisotopic (exact) mass is 327 g/mol. The summed E-state index contributed by atoms with van der Waals surface area (Å²) in [4.78, 5) is 10.9. The second kappa shape index (κ2) is 7.27. The summed E-state index contributed by atoms with van der Waals surface area (Å²) in [7, 11) is 0. The van der Waals surface area contributed by atoms with Crippen LogP contribution in [0.15, 0.2) is 24.7 Å². The molecular weight excluding hydrogens is 302 g/mol. The van der Waals surface area contributed by atoms with Crippen LogP contribution >= 0.6 is 0 Å². The molecule has 1 fully saturated rings. The van der Waals surface area contributed by atoms with Gasteiger partial charge in [0.15, 0.2) is 0 Å². The maximum atomic E-state index is 4.71. The zero-order valence-corrected chi connectivity index (χ0v) is 14.0. The van der Waals surface area contributed by atoms with Crippen LogP contribution in [0, 0.1) is 5.92 Å². The van der Waals surface area contributed by atoms with Gasteiger partial charge in [0, 0.05) is 32.0 Å². The third kappa shape index (κ3) is 3.73. The Balaban J connectivity index is 1.33. The minimum Gasteiger partial charge on any atom is -0.363 e. The van der Waals surface area contributed by atoms with Gasteiger partial charge in [0.25, 0.3) is 0 Å². The molecule has 0 aromatic carbocycles. The maximum absolute atomic E-state index is 4.71. The summed E-state index contributed by atoms with van der Waals surface area (Å²) >= 11 is 0. The van der Waals surface area contributed by atoms with E-state index in [9.17, 15) is 0 Å². The summed E-state index contributed by atoms with van der Waals surface area (Å²) in [5.41, 5.74) is 2.39. The number of anilines is 1. The number of aromatic nitrogens is 4. The first-order valence-corrected chi connectivity index (χ1v) is 8.85. The molecule has 2 aliphatic rings. The highest BCUT2D eigenvalue weighted by molar-refractivity contribution is 5.31. The molecule has 2 aromatic heterocycles. The summed E-state index contributed by atoms with van der Waals surface area (Å²) in [5.74, 6) is 1.58. The summed E-state index contributed by atoms with van der Waals surface area (Å²) in [5, 5.41) is 11.5. The normalized spacial score (nSPS) is 21.4. The standard InChI is InChI=1S/C17H25N7/c1-2-14(9-18-3-1)12-23-6-7-24-16(13-23)8-15(22-24)10-21-17-11-19-4-5-20-17/h4-5,8,11,14,18H,1-3,6-7,9-10,12-13H2,(H,20,21). The molecule has 4 rings (SSSR count). The topological polar surface area (TPSA) is 70.9 Å². The molecule has 0 spiro atoms. The van der Waals surface area contributed by atoms with Gasteiger partial charge in [0.1, 0.15) is 5.82 Å². The van der Waals surface area contributed by atoms with Gasteiger partial charge in [-0.1, -0.05) is 0 Å². The van der Waals surface area contributed by atoms with Crippen LogP contribution in [-0.2, 0) is 19.6 Å². The van der Waals surface area contributed by atoms with Gasteiger partial charge in [-0.15, -0.1) is 0 Å². The van der Waals surface area contributed by atoms with E-state index in [0.29, 0.717) is 6.54 Å². The largest absolute Gasteiger partial charge is 0.363 e. The minimum atomic E-state index is 0.686. The first-order chi connectivity index (χ1) is 11.9. The van der Waals surface area contributed by atoms with E-state index in [0.717, 1.165) is 37.1 Å². The fourth-order valence-electron chi connectivity index (χ4n) is 3.64. The molecule has 1 saturated heterocycles. The molecule has 1 atom stereocenters. The van der Waals surface area contributed by atoms with E-state index >= 15 is 0 Å². The average Bonchev–Trinajstić information content (AvgIpc) is 3.04. The average molecular weight is 327 g/mol. The number of rotatable bonds is 5. The van der Waals surface area contributed by atoms with Crippen LogP contribution in [0.1, 0.15) is 24.2 Å². The first kappa shape index (κ1) is 15.5. The van der Waals surface area contributed by atoms with Crippen LogP contribution in [0.25, 0.3) is 0 Å². The number of hydrogen-bond acceptors (Lipinski definition) is 6. The second-order valence-corrected chi connectivity index (χ2v) is 6.74. The molecule has 0 aliphatic carbocycles. The van der Waals surface area contributed by atoms with Gasteiger partial charge < -0.3 is 10.6 Å². The number of nitrogens with one attached hydrogen (secondary N) is 2. The molecule has 24 heavy (non-hydrogen) atoms. The second-order valence-electron chi connectivity index (χ2n) is 6.74. The third-order valence-corrected chi connectivity index (χ3v) is 4.86. The van der Waals surface area contributed by atoms with E-state index in [4.69, 9.17) is 5.10 Å². The van der Waals surface area contributed by atoms with Crippen molar-refractivity contribution in [1.82, 2.24) is 30.0 Å². The zero-order chi connectivity index (χ0) is 16.2. The van der Waals surface area contributed by atoms with Crippen LogP contribution in [0.4, 0.5) is 5.82 Å². The lowest BCUT2D eigenvalue weighted by Crippen LogP contribution is -2.41. The minimum absolute atomic E-state index is 0.686. The van der Waals surface area contributed by atoms with Crippen molar-refractivity contribution in [2.45, 2.75) is 32.5 Å². The molecule has 2 aromatic rings. The van der Waals surface area contributed by atoms with Crippen LogP contribution in [0.2, 0.25) is 0 Å². The van der Waals surface area contributed by atoms with Crippen molar-refractivity contribution >= 4 is 5.82 Å². The zero-order valence-electron chi connectivity index (χ0n) is 14.0. The van der Waals surface area contributed by atoms with Crippen molar-refractivity contribution in [3.8, 4) is 0 Å².